The minimum Gasteiger partial charge on any atom is -0.619 e. The van der Waals surface area contributed by atoms with E-state index in [1.807, 2.05) is 0 Å². The molecular weight excluding hydrogens is 503 g/mol. The van der Waals surface area contributed by atoms with Gasteiger partial charge in [0.25, 0.3) is 5.91 Å². The van der Waals surface area contributed by atoms with Crippen LogP contribution in [0.5, 0.6) is 0 Å². The number of primary amides is 1. The van der Waals surface area contributed by atoms with E-state index in [1.54, 1.807) is 29.1 Å². The van der Waals surface area contributed by atoms with Crippen LogP contribution >= 0.6 is 11.9 Å². The minimum atomic E-state index is -1.66. The maximum atomic E-state index is 11.7. The van der Waals surface area contributed by atoms with Gasteiger partial charge in [-0.3, -0.25) is 13.9 Å². The van der Waals surface area contributed by atoms with Crippen LogP contribution in [0.1, 0.15) is 16.8 Å². The van der Waals surface area contributed by atoms with Gasteiger partial charge < -0.3 is 27.0 Å². The fraction of sp³-hybridized carbons (Fsp3) is 0.467. The SMILES string of the molecule is COCl.CO[NH2+]OCCNC(=O)c1ccc[n+](C[NH-])c1.NC(=O)CC(O)C(=O)O.[Y]. The van der Waals surface area contributed by atoms with Crippen LogP contribution in [0.4, 0.5) is 0 Å². The summed E-state index contributed by atoms with van der Waals surface area (Å²) in [5, 5.41) is 19.1. The number of hydrogen-bond donors (Lipinski definition) is 5. The first-order valence-corrected chi connectivity index (χ1v) is 8.26. The summed E-state index contributed by atoms with van der Waals surface area (Å²) < 4.78 is 5.34. The quantitative estimate of drug-likeness (QED) is 0.128. The number of halogens is 1. The van der Waals surface area contributed by atoms with Crippen LogP contribution in [0.2, 0.25) is 0 Å². The summed E-state index contributed by atoms with van der Waals surface area (Å²) in [6.07, 6.45) is 1.17. The maximum Gasteiger partial charge on any atom is 0.333 e. The van der Waals surface area contributed by atoms with Gasteiger partial charge >= 0.3 is 5.97 Å². The Bertz CT molecular complexity index is 614. The first-order valence-electron chi connectivity index (χ1n) is 7.95. The van der Waals surface area contributed by atoms with E-state index in [2.05, 4.69) is 32.0 Å². The number of carboxylic acid groups (broad SMARTS) is 1. The Morgan fingerprint density at radius 1 is 1.40 bits per heavy atom. The normalized spacial score (nSPS) is 10.2. The molecule has 1 radical (unpaired) electrons. The molecule has 0 spiro atoms. The number of pyridine rings is 1. The van der Waals surface area contributed by atoms with Crippen LogP contribution in [0, 0.1) is 0 Å². The molecule has 1 aromatic heterocycles. The third-order valence-electron chi connectivity index (χ3n) is 2.65. The van der Waals surface area contributed by atoms with Gasteiger partial charge in [0.05, 0.1) is 39.2 Å². The van der Waals surface area contributed by atoms with Crippen molar-refractivity contribution in [3.63, 3.8) is 0 Å². The Hall–Kier alpha value is -1.29. The molecule has 0 fully saturated rings. The second-order valence-electron chi connectivity index (χ2n) is 4.90. The molecular formula is C15H27ClN5O8Y+. The molecule has 0 aliphatic rings. The second kappa shape index (κ2) is 22.4. The average molecular weight is 530 g/mol. The van der Waals surface area contributed by atoms with Crippen molar-refractivity contribution in [3.8, 4) is 0 Å². The molecule has 15 heteroatoms. The van der Waals surface area contributed by atoms with E-state index in [4.69, 9.17) is 20.8 Å². The molecule has 8 N–H and O–H groups in total. The van der Waals surface area contributed by atoms with Gasteiger partial charge in [-0.15, -0.1) is 0 Å². The Morgan fingerprint density at radius 3 is 2.43 bits per heavy atom. The number of hydrogen-bond acceptors (Lipinski definition) is 7. The van der Waals surface area contributed by atoms with Crippen LogP contribution < -0.4 is 21.3 Å². The van der Waals surface area contributed by atoms with Gasteiger partial charge in [-0.1, -0.05) is 5.64 Å². The average Bonchev–Trinajstić information content (AvgIpc) is 2.68. The third-order valence-corrected chi connectivity index (χ3v) is 2.65. The van der Waals surface area contributed by atoms with Gasteiger partial charge in [-0.25, -0.2) is 9.36 Å². The summed E-state index contributed by atoms with van der Waals surface area (Å²) in [7, 11) is 2.88. The molecule has 13 nitrogen and oxygen atoms in total. The van der Waals surface area contributed by atoms with E-state index in [0.717, 1.165) is 0 Å². The molecule has 169 valence electrons. The summed E-state index contributed by atoms with van der Waals surface area (Å²) in [6.45, 7) is 0.840. The number of aromatic nitrogens is 1. The molecule has 1 heterocycles. The predicted molar refractivity (Wildman–Crippen MR) is 98.5 cm³/mol. The Balaban J connectivity index is -0.000000476. The summed E-state index contributed by atoms with van der Waals surface area (Å²) in [5.41, 5.74) is 13.5. The van der Waals surface area contributed by atoms with Gasteiger partial charge in [0.2, 0.25) is 5.91 Å². The van der Waals surface area contributed by atoms with Crippen LogP contribution in [0.25, 0.3) is 5.73 Å². The summed E-state index contributed by atoms with van der Waals surface area (Å²) in [4.78, 5) is 40.8. The number of carboxylic acids is 1. The first kappa shape index (κ1) is 33.4. The van der Waals surface area contributed by atoms with Gasteiger partial charge in [0, 0.05) is 45.3 Å². The van der Waals surface area contributed by atoms with Crippen LogP contribution in [-0.2, 0) is 62.9 Å². The number of nitrogens with two attached hydrogens (primary N) is 2. The Labute approximate surface area is 203 Å². The van der Waals surface area contributed by atoms with Crippen molar-refractivity contribution in [2.45, 2.75) is 19.2 Å². The molecule has 1 unspecified atom stereocenters. The smallest absolute Gasteiger partial charge is 0.333 e. The number of rotatable bonds is 10. The van der Waals surface area contributed by atoms with Crippen molar-refractivity contribution in [2.24, 2.45) is 5.73 Å². The fourth-order valence-corrected chi connectivity index (χ4v) is 1.47. The minimum absolute atomic E-state index is 0. The monoisotopic (exact) mass is 529 g/mol. The van der Waals surface area contributed by atoms with Crippen molar-refractivity contribution in [1.29, 1.82) is 0 Å². The number of carbonyl (C=O) groups excluding carboxylic acids is 2. The van der Waals surface area contributed by atoms with Crippen LogP contribution in [0.15, 0.2) is 24.5 Å². The zero-order valence-electron chi connectivity index (χ0n) is 16.6. The summed E-state index contributed by atoms with van der Waals surface area (Å²) in [5.74, 6) is -2.45. The molecule has 1 aromatic rings. The van der Waals surface area contributed by atoms with E-state index < -0.39 is 24.4 Å². The molecule has 2 amide bonds. The summed E-state index contributed by atoms with van der Waals surface area (Å²) >= 11 is 4.50. The number of aliphatic hydroxyl groups is 1. The first-order chi connectivity index (χ1) is 13.7. The maximum absolute atomic E-state index is 11.7. The molecule has 0 aliphatic carbocycles. The van der Waals surface area contributed by atoms with E-state index in [-0.39, 0.29) is 45.3 Å². The molecule has 1 rings (SSSR count). The van der Waals surface area contributed by atoms with Crippen molar-refractivity contribution < 1.29 is 81.5 Å². The number of carbonyl (C=O) groups is 3. The zero-order valence-corrected chi connectivity index (χ0v) is 20.2. The van der Waals surface area contributed by atoms with Crippen molar-refractivity contribution in [2.75, 3.05) is 27.4 Å². The standard InChI is InChI=1S/C10H16N4O3.C4H7NO4.CH3ClO.Y/c1-16-13-17-6-4-12-10(15)9-3-2-5-14(7-9)8-11;5-3(7)1-2(6)4(8)9;1-3-2;/h2-3,5,7,11H,4,6,8,13H2,1H3;2,6H,1H2,(H2,5,7)(H,8,9);1H3;/p+1. The van der Waals surface area contributed by atoms with E-state index in [9.17, 15) is 14.4 Å². The largest absolute Gasteiger partial charge is 0.619 e. The molecule has 30 heavy (non-hydrogen) atoms. The van der Waals surface area contributed by atoms with Crippen LogP contribution in [-0.4, -0.2) is 61.5 Å². The molecule has 0 bridgehead atoms. The number of amides is 2. The van der Waals surface area contributed by atoms with Crippen molar-refractivity contribution >= 4 is 29.6 Å². The topological polar surface area (TPSA) is 202 Å². The number of aliphatic carboxylic acids is 1. The van der Waals surface area contributed by atoms with Crippen molar-refractivity contribution in [1.82, 2.24) is 5.32 Å². The molecule has 0 aromatic carbocycles. The van der Waals surface area contributed by atoms with Crippen LogP contribution in [0.3, 0.4) is 0 Å². The van der Waals surface area contributed by atoms with Gasteiger partial charge in [-0.2, -0.15) is 9.68 Å². The van der Waals surface area contributed by atoms with E-state index in [0.29, 0.717) is 18.7 Å². The Morgan fingerprint density at radius 2 is 2.00 bits per heavy atom. The molecule has 0 aliphatic heterocycles. The third kappa shape index (κ3) is 20.0. The van der Waals surface area contributed by atoms with Gasteiger partial charge in [-0.05, 0) is 6.07 Å². The molecule has 0 saturated carbocycles. The molecule has 1 atom stereocenters. The van der Waals surface area contributed by atoms with Crippen molar-refractivity contribution in [3.05, 3.63) is 35.8 Å². The van der Waals surface area contributed by atoms with Gasteiger partial charge in [0.1, 0.15) is 12.2 Å². The number of quaternary nitrogens is 1. The number of nitrogens with one attached hydrogen (secondary N) is 2. The summed E-state index contributed by atoms with van der Waals surface area (Å²) in [6, 6.07) is 3.43. The van der Waals surface area contributed by atoms with Gasteiger partial charge in [0.15, 0.2) is 18.5 Å². The second-order valence-corrected chi connectivity index (χ2v) is 5.21. The fourth-order valence-electron chi connectivity index (χ4n) is 1.47. The molecule has 0 saturated heterocycles. The zero-order chi connectivity index (χ0) is 22.7. The predicted octanol–water partition coefficient (Wildman–Crippen LogP) is -2.14. The van der Waals surface area contributed by atoms with E-state index >= 15 is 0 Å². The number of nitrogens with zero attached hydrogens (tertiary/aromatic N) is 1. The van der Waals surface area contributed by atoms with E-state index in [1.165, 1.54) is 19.9 Å². The number of aliphatic hydroxyl groups excluding tert-OH is 1. The Kier molecular flexibility index (Phi) is 24.9.